The van der Waals surface area contributed by atoms with Crippen molar-refractivity contribution in [3.8, 4) is 0 Å². The normalized spacial score (nSPS) is 16.9. The standard InChI is InChI=1S/C12H16FN3O/c13-9-1-3-11(4-2-9)15-12(17)16-7-5-10(14)6-8-16/h1-4,10H,5-8,14H2,(H,15,17). The van der Waals surface area contributed by atoms with E-state index in [1.807, 2.05) is 0 Å². The number of likely N-dealkylation sites (tertiary alicyclic amines) is 1. The van der Waals surface area contributed by atoms with Crippen LogP contribution in [0.25, 0.3) is 0 Å². The Labute approximate surface area is 99.6 Å². The first-order valence-electron chi connectivity index (χ1n) is 5.72. The molecule has 1 aromatic carbocycles. The third-order valence-electron chi connectivity index (χ3n) is 2.92. The molecular weight excluding hydrogens is 221 g/mol. The van der Waals surface area contributed by atoms with Gasteiger partial charge in [-0.1, -0.05) is 0 Å². The van der Waals surface area contributed by atoms with Crippen LogP contribution in [0.3, 0.4) is 0 Å². The maximum Gasteiger partial charge on any atom is 0.321 e. The van der Waals surface area contributed by atoms with Gasteiger partial charge in [-0.05, 0) is 37.1 Å². The molecule has 0 atom stereocenters. The van der Waals surface area contributed by atoms with Gasteiger partial charge in [0.1, 0.15) is 5.82 Å². The zero-order valence-corrected chi connectivity index (χ0v) is 9.53. The number of nitrogens with zero attached hydrogens (tertiary/aromatic N) is 1. The summed E-state index contributed by atoms with van der Waals surface area (Å²) in [6.07, 6.45) is 1.66. The molecule has 1 saturated heterocycles. The van der Waals surface area contributed by atoms with Gasteiger partial charge in [0.15, 0.2) is 0 Å². The van der Waals surface area contributed by atoms with Crippen molar-refractivity contribution in [2.24, 2.45) is 5.73 Å². The number of anilines is 1. The molecule has 1 aliphatic rings. The lowest BCUT2D eigenvalue weighted by molar-refractivity contribution is 0.195. The molecule has 2 amide bonds. The summed E-state index contributed by atoms with van der Waals surface area (Å²) >= 11 is 0. The number of carbonyl (C=O) groups excluding carboxylic acids is 1. The lowest BCUT2D eigenvalue weighted by Gasteiger charge is -2.30. The summed E-state index contributed by atoms with van der Waals surface area (Å²) in [7, 11) is 0. The Morgan fingerprint density at radius 2 is 1.88 bits per heavy atom. The summed E-state index contributed by atoms with van der Waals surface area (Å²) in [4.78, 5) is 13.6. The van der Waals surface area contributed by atoms with Gasteiger partial charge in [0.2, 0.25) is 0 Å². The molecule has 0 saturated carbocycles. The summed E-state index contributed by atoms with van der Waals surface area (Å²) < 4.78 is 12.7. The van der Waals surface area contributed by atoms with E-state index in [1.54, 1.807) is 17.0 Å². The summed E-state index contributed by atoms with van der Waals surface area (Å²) in [6, 6.07) is 5.78. The zero-order chi connectivity index (χ0) is 12.3. The number of nitrogens with one attached hydrogen (secondary N) is 1. The van der Waals surface area contributed by atoms with E-state index in [0.717, 1.165) is 12.8 Å². The Hall–Kier alpha value is -1.62. The van der Waals surface area contributed by atoms with Crippen molar-refractivity contribution in [2.45, 2.75) is 18.9 Å². The maximum atomic E-state index is 12.7. The van der Waals surface area contributed by atoms with E-state index in [-0.39, 0.29) is 17.9 Å². The molecule has 1 aromatic rings. The lowest BCUT2D eigenvalue weighted by Crippen LogP contribution is -2.44. The zero-order valence-electron chi connectivity index (χ0n) is 9.53. The van der Waals surface area contributed by atoms with Crippen molar-refractivity contribution in [3.05, 3.63) is 30.1 Å². The van der Waals surface area contributed by atoms with Gasteiger partial charge in [-0.2, -0.15) is 0 Å². The van der Waals surface area contributed by atoms with Crippen LogP contribution in [0.4, 0.5) is 14.9 Å². The number of piperidine rings is 1. The Morgan fingerprint density at radius 1 is 1.29 bits per heavy atom. The van der Waals surface area contributed by atoms with Gasteiger partial charge in [-0.3, -0.25) is 0 Å². The number of halogens is 1. The van der Waals surface area contributed by atoms with Crippen molar-refractivity contribution in [1.82, 2.24) is 4.90 Å². The summed E-state index contributed by atoms with van der Waals surface area (Å²) in [5, 5.41) is 2.73. The van der Waals surface area contributed by atoms with Crippen molar-refractivity contribution in [3.63, 3.8) is 0 Å². The number of carbonyl (C=O) groups is 1. The first-order valence-corrected chi connectivity index (χ1v) is 5.72. The summed E-state index contributed by atoms with van der Waals surface area (Å²) in [5.41, 5.74) is 6.37. The van der Waals surface area contributed by atoms with E-state index in [9.17, 15) is 9.18 Å². The highest BCUT2D eigenvalue weighted by atomic mass is 19.1. The molecule has 92 valence electrons. The molecule has 5 heteroatoms. The van der Waals surface area contributed by atoms with Crippen molar-refractivity contribution >= 4 is 11.7 Å². The molecule has 1 aliphatic heterocycles. The van der Waals surface area contributed by atoms with E-state index < -0.39 is 0 Å². The molecule has 3 N–H and O–H groups in total. The molecule has 0 spiro atoms. The van der Waals surface area contributed by atoms with Gasteiger partial charge in [-0.25, -0.2) is 9.18 Å². The summed E-state index contributed by atoms with van der Waals surface area (Å²) in [5.74, 6) is -0.313. The van der Waals surface area contributed by atoms with E-state index in [1.165, 1.54) is 12.1 Å². The van der Waals surface area contributed by atoms with E-state index in [2.05, 4.69) is 5.32 Å². The Morgan fingerprint density at radius 3 is 2.47 bits per heavy atom. The van der Waals surface area contributed by atoms with Crippen LogP contribution in [0, 0.1) is 5.82 Å². The number of urea groups is 1. The van der Waals surface area contributed by atoms with Crippen molar-refractivity contribution in [2.75, 3.05) is 18.4 Å². The highest BCUT2D eigenvalue weighted by Crippen LogP contribution is 2.12. The van der Waals surface area contributed by atoms with Crippen LogP contribution in [-0.2, 0) is 0 Å². The van der Waals surface area contributed by atoms with Gasteiger partial charge in [0.05, 0.1) is 0 Å². The Bertz CT molecular complexity index is 385. The van der Waals surface area contributed by atoms with Crippen LogP contribution in [-0.4, -0.2) is 30.1 Å². The monoisotopic (exact) mass is 237 g/mol. The van der Waals surface area contributed by atoms with Crippen LogP contribution < -0.4 is 11.1 Å². The summed E-state index contributed by atoms with van der Waals surface area (Å²) in [6.45, 7) is 1.35. The molecule has 0 aromatic heterocycles. The smallest absolute Gasteiger partial charge is 0.321 e. The maximum absolute atomic E-state index is 12.7. The SMILES string of the molecule is NC1CCN(C(=O)Nc2ccc(F)cc2)CC1. The largest absolute Gasteiger partial charge is 0.328 e. The first-order chi connectivity index (χ1) is 8.15. The molecule has 0 unspecified atom stereocenters. The second-order valence-corrected chi connectivity index (χ2v) is 4.26. The van der Waals surface area contributed by atoms with Gasteiger partial charge >= 0.3 is 6.03 Å². The second-order valence-electron chi connectivity index (χ2n) is 4.26. The lowest BCUT2D eigenvalue weighted by atomic mass is 10.1. The first kappa shape index (κ1) is 11.9. The van der Waals surface area contributed by atoms with Gasteiger partial charge in [-0.15, -0.1) is 0 Å². The topological polar surface area (TPSA) is 58.4 Å². The van der Waals surface area contributed by atoms with Crippen LogP contribution >= 0.6 is 0 Å². The fourth-order valence-electron chi connectivity index (χ4n) is 1.84. The van der Waals surface area contributed by atoms with E-state index >= 15 is 0 Å². The highest BCUT2D eigenvalue weighted by molar-refractivity contribution is 5.89. The second kappa shape index (κ2) is 5.14. The molecule has 0 bridgehead atoms. The molecule has 0 aliphatic carbocycles. The van der Waals surface area contributed by atoms with Crippen LogP contribution in [0.1, 0.15) is 12.8 Å². The predicted octanol–water partition coefficient (Wildman–Crippen LogP) is 1.78. The fraction of sp³-hybridized carbons (Fsp3) is 0.417. The molecular formula is C12H16FN3O. The number of amides is 2. The number of hydrogen-bond donors (Lipinski definition) is 2. The van der Waals surface area contributed by atoms with Crippen molar-refractivity contribution in [1.29, 1.82) is 0 Å². The van der Waals surface area contributed by atoms with E-state index in [0.29, 0.717) is 18.8 Å². The minimum absolute atomic E-state index is 0.150. The highest BCUT2D eigenvalue weighted by Gasteiger charge is 2.20. The molecule has 0 radical (unpaired) electrons. The van der Waals surface area contributed by atoms with Gasteiger partial charge in [0, 0.05) is 24.8 Å². The van der Waals surface area contributed by atoms with Crippen LogP contribution in [0.15, 0.2) is 24.3 Å². The number of nitrogens with two attached hydrogens (primary N) is 1. The Kier molecular flexibility index (Phi) is 3.58. The van der Waals surface area contributed by atoms with Gasteiger partial charge in [0.25, 0.3) is 0 Å². The third kappa shape index (κ3) is 3.17. The van der Waals surface area contributed by atoms with Crippen molar-refractivity contribution < 1.29 is 9.18 Å². The average molecular weight is 237 g/mol. The number of benzene rings is 1. The third-order valence-corrected chi connectivity index (χ3v) is 2.92. The molecule has 4 nitrogen and oxygen atoms in total. The minimum atomic E-state index is -0.313. The number of hydrogen-bond acceptors (Lipinski definition) is 2. The van der Waals surface area contributed by atoms with Gasteiger partial charge < -0.3 is 16.0 Å². The van der Waals surface area contributed by atoms with Crippen LogP contribution in [0.2, 0.25) is 0 Å². The molecule has 17 heavy (non-hydrogen) atoms. The minimum Gasteiger partial charge on any atom is -0.328 e. The molecule has 1 fully saturated rings. The molecule has 2 rings (SSSR count). The quantitative estimate of drug-likeness (QED) is 0.782. The van der Waals surface area contributed by atoms with Crippen LogP contribution in [0.5, 0.6) is 0 Å². The number of rotatable bonds is 1. The van der Waals surface area contributed by atoms with E-state index in [4.69, 9.17) is 5.73 Å². The Balaban J connectivity index is 1.90. The predicted molar refractivity (Wildman–Crippen MR) is 64.2 cm³/mol. The molecule has 1 heterocycles. The average Bonchev–Trinajstić information content (AvgIpc) is 2.33. The fourth-order valence-corrected chi connectivity index (χ4v) is 1.84.